The first-order valence-corrected chi connectivity index (χ1v) is 6.23. The minimum atomic E-state index is 0.692. The van der Waals surface area contributed by atoms with Crippen molar-refractivity contribution in [1.82, 2.24) is 5.32 Å². The van der Waals surface area contributed by atoms with Crippen LogP contribution in [0.2, 0.25) is 0 Å². The maximum Gasteiger partial charge on any atom is 0.125 e. The molecule has 3 heteroatoms. The first kappa shape index (κ1) is 14.0. The second kappa shape index (κ2) is 8.09. The lowest BCUT2D eigenvalue weighted by Crippen LogP contribution is -2.25. The monoisotopic (exact) mass is 237 g/mol. The molecule has 0 spiro atoms. The minimum Gasteiger partial charge on any atom is -0.492 e. The molecule has 0 saturated heterocycles. The van der Waals surface area contributed by atoms with Crippen molar-refractivity contribution in [2.45, 2.75) is 20.8 Å². The van der Waals surface area contributed by atoms with Gasteiger partial charge in [-0.3, -0.25) is 0 Å². The van der Waals surface area contributed by atoms with Crippen LogP contribution in [0.5, 0.6) is 5.75 Å². The molecule has 3 nitrogen and oxygen atoms in total. The number of para-hydroxylation sites is 1. The van der Waals surface area contributed by atoms with Crippen LogP contribution in [0.15, 0.2) is 18.2 Å². The summed E-state index contributed by atoms with van der Waals surface area (Å²) in [6.07, 6.45) is 0. The molecule has 1 rings (SSSR count). The van der Waals surface area contributed by atoms with E-state index in [4.69, 9.17) is 9.47 Å². The topological polar surface area (TPSA) is 30.5 Å². The van der Waals surface area contributed by atoms with Gasteiger partial charge in [-0.15, -0.1) is 0 Å². The molecule has 0 aliphatic carbocycles. The highest BCUT2D eigenvalue weighted by Gasteiger charge is 2.01. The van der Waals surface area contributed by atoms with Crippen molar-refractivity contribution >= 4 is 0 Å². The molecule has 0 aliphatic heterocycles. The van der Waals surface area contributed by atoms with Crippen LogP contribution in [0.3, 0.4) is 0 Å². The fourth-order valence-corrected chi connectivity index (χ4v) is 1.67. The van der Waals surface area contributed by atoms with Crippen molar-refractivity contribution in [2.24, 2.45) is 0 Å². The summed E-state index contributed by atoms with van der Waals surface area (Å²) in [4.78, 5) is 0. The van der Waals surface area contributed by atoms with E-state index in [9.17, 15) is 0 Å². The lowest BCUT2D eigenvalue weighted by atomic mass is 10.1. The molecular weight excluding hydrogens is 214 g/mol. The highest BCUT2D eigenvalue weighted by atomic mass is 16.5. The molecule has 0 amide bonds. The first-order valence-electron chi connectivity index (χ1n) is 6.23. The van der Waals surface area contributed by atoms with E-state index in [0.29, 0.717) is 6.61 Å². The van der Waals surface area contributed by atoms with Crippen LogP contribution in [0.1, 0.15) is 18.1 Å². The van der Waals surface area contributed by atoms with Gasteiger partial charge in [-0.2, -0.15) is 0 Å². The van der Waals surface area contributed by atoms with E-state index in [-0.39, 0.29) is 0 Å². The summed E-state index contributed by atoms with van der Waals surface area (Å²) < 4.78 is 11.0. The van der Waals surface area contributed by atoms with Gasteiger partial charge in [0.25, 0.3) is 0 Å². The van der Waals surface area contributed by atoms with Gasteiger partial charge < -0.3 is 14.8 Å². The van der Waals surface area contributed by atoms with Gasteiger partial charge >= 0.3 is 0 Å². The second-order valence-electron chi connectivity index (χ2n) is 4.02. The molecule has 0 atom stereocenters. The van der Waals surface area contributed by atoms with Crippen molar-refractivity contribution in [3.63, 3.8) is 0 Å². The third-order valence-corrected chi connectivity index (χ3v) is 2.56. The molecule has 1 aromatic carbocycles. The molecule has 0 aliphatic rings. The molecule has 0 fully saturated rings. The van der Waals surface area contributed by atoms with Crippen molar-refractivity contribution < 1.29 is 9.47 Å². The Morgan fingerprint density at radius 3 is 2.35 bits per heavy atom. The number of hydrogen-bond acceptors (Lipinski definition) is 3. The van der Waals surface area contributed by atoms with Crippen LogP contribution >= 0.6 is 0 Å². The van der Waals surface area contributed by atoms with E-state index in [1.54, 1.807) is 0 Å². The first-order chi connectivity index (χ1) is 8.25. The normalized spacial score (nSPS) is 10.5. The SMILES string of the molecule is CCOCCNCCOc1c(C)cccc1C. The molecule has 0 unspecified atom stereocenters. The highest BCUT2D eigenvalue weighted by Crippen LogP contribution is 2.21. The van der Waals surface area contributed by atoms with Crippen LogP contribution in [-0.2, 0) is 4.74 Å². The summed E-state index contributed by atoms with van der Waals surface area (Å²) in [5.41, 5.74) is 2.39. The number of hydrogen-bond donors (Lipinski definition) is 1. The summed E-state index contributed by atoms with van der Waals surface area (Å²) in [5, 5.41) is 3.28. The zero-order chi connectivity index (χ0) is 12.5. The third-order valence-electron chi connectivity index (χ3n) is 2.56. The smallest absolute Gasteiger partial charge is 0.125 e. The van der Waals surface area contributed by atoms with Crippen LogP contribution in [0, 0.1) is 13.8 Å². The van der Waals surface area contributed by atoms with Crippen molar-refractivity contribution in [3.05, 3.63) is 29.3 Å². The van der Waals surface area contributed by atoms with Crippen LogP contribution < -0.4 is 10.1 Å². The van der Waals surface area contributed by atoms with Gasteiger partial charge in [0.15, 0.2) is 0 Å². The highest BCUT2D eigenvalue weighted by molar-refractivity contribution is 5.39. The second-order valence-corrected chi connectivity index (χ2v) is 4.02. The molecule has 0 heterocycles. The van der Waals surface area contributed by atoms with Gasteiger partial charge in [-0.1, -0.05) is 18.2 Å². The largest absolute Gasteiger partial charge is 0.492 e. The van der Waals surface area contributed by atoms with Crippen molar-refractivity contribution in [3.8, 4) is 5.75 Å². The molecule has 1 aromatic rings. The summed E-state index contributed by atoms with van der Waals surface area (Å²) in [6.45, 7) is 10.1. The molecule has 0 aromatic heterocycles. The van der Waals surface area contributed by atoms with Crippen LogP contribution in [-0.4, -0.2) is 32.9 Å². The van der Waals surface area contributed by atoms with E-state index in [1.165, 1.54) is 11.1 Å². The Labute approximate surface area is 104 Å². The third kappa shape index (κ3) is 5.20. The predicted octanol–water partition coefficient (Wildman–Crippen LogP) is 2.31. The molecule has 96 valence electrons. The van der Waals surface area contributed by atoms with Crippen molar-refractivity contribution in [1.29, 1.82) is 0 Å². The number of aryl methyl sites for hydroxylation is 2. The molecular formula is C14H23NO2. The Balaban J connectivity index is 2.18. The molecule has 17 heavy (non-hydrogen) atoms. The number of ether oxygens (including phenoxy) is 2. The average Bonchev–Trinajstić information content (AvgIpc) is 2.31. The fraction of sp³-hybridized carbons (Fsp3) is 0.571. The Morgan fingerprint density at radius 1 is 1.06 bits per heavy atom. The van der Waals surface area contributed by atoms with Gasteiger partial charge in [-0.25, -0.2) is 0 Å². The van der Waals surface area contributed by atoms with E-state index < -0.39 is 0 Å². The Kier molecular flexibility index (Phi) is 6.67. The summed E-state index contributed by atoms with van der Waals surface area (Å²) >= 11 is 0. The fourth-order valence-electron chi connectivity index (χ4n) is 1.67. The maximum atomic E-state index is 5.77. The van der Waals surface area contributed by atoms with Crippen molar-refractivity contribution in [2.75, 3.05) is 32.9 Å². The molecule has 0 bridgehead atoms. The quantitative estimate of drug-likeness (QED) is 0.704. The summed E-state index contributed by atoms with van der Waals surface area (Å²) in [5.74, 6) is 1.01. The Hall–Kier alpha value is -1.06. The lowest BCUT2D eigenvalue weighted by Gasteiger charge is -2.12. The van der Waals surface area contributed by atoms with Crippen LogP contribution in [0.4, 0.5) is 0 Å². The van der Waals surface area contributed by atoms with Gasteiger partial charge in [0.2, 0.25) is 0 Å². The Morgan fingerprint density at radius 2 is 1.71 bits per heavy atom. The van der Waals surface area contributed by atoms with Gasteiger partial charge in [0.1, 0.15) is 12.4 Å². The van der Waals surface area contributed by atoms with E-state index in [0.717, 1.165) is 32.1 Å². The average molecular weight is 237 g/mol. The number of benzene rings is 1. The summed E-state index contributed by atoms with van der Waals surface area (Å²) in [7, 11) is 0. The van der Waals surface area contributed by atoms with Gasteiger partial charge in [0.05, 0.1) is 6.61 Å². The van der Waals surface area contributed by atoms with E-state index >= 15 is 0 Å². The summed E-state index contributed by atoms with van der Waals surface area (Å²) in [6, 6.07) is 6.20. The zero-order valence-corrected chi connectivity index (χ0v) is 11.1. The van der Waals surface area contributed by atoms with Gasteiger partial charge in [0, 0.05) is 19.7 Å². The molecule has 0 saturated carbocycles. The lowest BCUT2D eigenvalue weighted by molar-refractivity contribution is 0.148. The van der Waals surface area contributed by atoms with Gasteiger partial charge in [-0.05, 0) is 31.9 Å². The zero-order valence-electron chi connectivity index (χ0n) is 11.1. The minimum absolute atomic E-state index is 0.692. The molecule has 1 N–H and O–H groups in total. The standard InChI is InChI=1S/C14H23NO2/c1-4-16-10-8-15-9-11-17-14-12(2)6-5-7-13(14)3/h5-7,15H,4,8-11H2,1-3H3. The number of nitrogens with one attached hydrogen (secondary N) is 1. The Bertz CT molecular complexity index is 306. The maximum absolute atomic E-state index is 5.77. The van der Waals surface area contributed by atoms with Crippen LogP contribution in [0.25, 0.3) is 0 Å². The van der Waals surface area contributed by atoms with E-state index in [1.807, 2.05) is 6.92 Å². The number of rotatable bonds is 8. The van der Waals surface area contributed by atoms with E-state index in [2.05, 4.69) is 37.4 Å². The molecule has 0 radical (unpaired) electrons. The predicted molar refractivity (Wildman–Crippen MR) is 70.8 cm³/mol.